The Morgan fingerprint density at radius 1 is 1.27 bits per heavy atom. The summed E-state index contributed by atoms with van der Waals surface area (Å²) in [6.45, 7) is 8.79. The van der Waals surface area contributed by atoms with Crippen LogP contribution in [0.5, 0.6) is 0 Å². The standard InChI is InChI=1S/C12H24N2O/c1-2-5-13-10-11-3-4-12(11)14-6-8-15-9-7-14/h11-13H,2-10H2,1H3. The van der Waals surface area contributed by atoms with E-state index in [-0.39, 0.29) is 0 Å². The van der Waals surface area contributed by atoms with E-state index in [0.717, 1.165) is 38.3 Å². The largest absolute Gasteiger partial charge is 0.379 e. The first-order valence-electron chi connectivity index (χ1n) is 6.44. The van der Waals surface area contributed by atoms with Gasteiger partial charge in [-0.15, -0.1) is 0 Å². The van der Waals surface area contributed by atoms with Gasteiger partial charge in [0.15, 0.2) is 0 Å². The summed E-state index contributed by atoms with van der Waals surface area (Å²) in [5, 5.41) is 3.55. The van der Waals surface area contributed by atoms with Gasteiger partial charge in [0.2, 0.25) is 0 Å². The predicted molar refractivity (Wildman–Crippen MR) is 62.1 cm³/mol. The molecule has 2 rings (SSSR count). The summed E-state index contributed by atoms with van der Waals surface area (Å²) < 4.78 is 5.39. The zero-order chi connectivity index (χ0) is 10.5. The number of nitrogens with zero attached hydrogens (tertiary/aromatic N) is 1. The minimum absolute atomic E-state index is 0.846. The molecule has 0 aromatic heterocycles. The van der Waals surface area contributed by atoms with Gasteiger partial charge in [-0.25, -0.2) is 0 Å². The Morgan fingerprint density at radius 3 is 2.67 bits per heavy atom. The van der Waals surface area contributed by atoms with Crippen molar-refractivity contribution in [2.24, 2.45) is 5.92 Å². The van der Waals surface area contributed by atoms with Crippen LogP contribution < -0.4 is 5.32 Å². The van der Waals surface area contributed by atoms with E-state index >= 15 is 0 Å². The lowest BCUT2D eigenvalue weighted by atomic mass is 9.78. The molecule has 88 valence electrons. The molecule has 1 heterocycles. The Labute approximate surface area is 93.2 Å². The Hall–Kier alpha value is -0.120. The van der Waals surface area contributed by atoms with Gasteiger partial charge < -0.3 is 10.1 Å². The number of ether oxygens (including phenoxy) is 1. The Bertz CT molecular complexity index is 180. The summed E-state index contributed by atoms with van der Waals surface area (Å²) in [6, 6.07) is 0.846. The van der Waals surface area contributed by atoms with Gasteiger partial charge in [0, 0.05) is 19.1 Å². The maximum absolute atomic E-state index is 5.39. The zero-order valence-corrected chi connectivity index (χ0v) is 9.87. The van der Waals surface area contributed by atoms with Gasteiger partial charge in [-0.05, 0) is 38.3 Å². The molecule has 0 spiro atoms. The van der Waals surface area contributed by atoms with E-state index in [1.165, 1.54) is 32.4 Å². The van der Waals surface area contributed by atoms with Crippen LogP contribution in [0.4, 0.5) is 0 Å². The van der Waals surface area contributed by atoms with Crippen LogP contribution in [0, 0.1) is 5.92 Å². The molecule has 2 fully saturated rings. The Morgan fingerprint density at radius 2 is 2.07 bits per heavy atom. The highest BCUT2D eigenvalue weighted by Crippen LogP contribution is 2.31. The SMILES string of the molecule is CCCNCC1CCC1N1CCOCC1. The van der Waals surface area contributed by atoms with Crippen molar-refractivity contribution in [3.05, 3.63) is 0 Å². The minimum atomic E-state index is 0.846. The van der Waals surface area contributed by atoms with E-state index in [2.05, 4.69) is 17.1 Å². The van der Waals surface area contributed by atoms with Crippen LogP contribution in [0.25, 0.3) is 0 Å². The van der Waals surface area contributed by atoms with Gasteiger partial charge in [0.1, 0.15) is 0 Å². The maximum atomic E-state index is 5.39. The van der Waals surface area contributed by atoms with Crippen molar-refractivity contribution in [2.45, 2.75) is 32.2 Å². The van der Waals surface area contributed by atoms with Gasteiger partial charge in [-0.2, -0.15) is 0 Å². The highest BCUT2D eigenvalue weighted by Gasteiger charge is 2.35. The maximum Gasteiger partial charge on any atom is 0.0594 e. The fourth-order valence-electron chi connectivity index (χ4n) is 2.64. The molecular formula is C12H24N2O. The topological polar surface area (TPSA) is 24.5 Å². The van der Waals surface area contributed by atoms with Crippen molar-refractivity contribution in [3.63, 3.8) is 0 Å². The van der Waals surface area contributed by atoms with Crippen molar-refractivity contribution in [1.29, 1.82) is 0 Å². The van der Waals surface area contributed by atoms with E-state index in [0.29, 0.717) is 0 Å². The second-order valence-electron chi connectivity index (χ2n) is 4.76. The molecule has 2 atom stereocenters. The summed E-state index contributed by atoms with van der Waals surface area (Å²) in [5.74, 6) is 0.898. The summed E-state index contributed by atoms with van der Waals surface area (Å²) in [4.78, 5) is 2.63. The van der Waals surface area contributed by atoms with Gasteiger partial charge >= 0.3 is 0 Å². The van der Waals surface area contributed by atoms with Crippen molar-refractivity contribution < 1.29 is 4.74 Å². The fourth-order valence-corrected chi connectivity index (χ4v) is 2.64. The van der Waals surface area contributed by atoms with Crippen molar-refractivity contribution in [2.75, 3.05) is 39.4 Å². The average molecular weight is 212 g/mol. The lowest BCUT2D eigenvalue weighted by molar-refractivity contribution is -0.0249. The number of hydrogen-bond donors (Lipinski definition) is 1. The molecule has 1 saturated heterocycles. The summed E-state index contributed by atoms with van der Waals surface area (Å²) >= 11 is 0. The first kappa shape index (κ1) is 11.4. The van der Waals surface area contributed by atoms with Crippen LogP contribution in [0.3, 0.4) is 0 Å². The average Bonchev–Trinajstić information content (AvgIpc) is 2.24. The molecule has 2 aliphatic rings. The van der Waals surface area contributed by atoms with Crippen LogP contribution in [0.2, 0.25) is 0 Å². The minimum Gasteiger partial charge on any atom is -0.379 e. The number of hydrogen-bond acceptors (Lipinski definition) is 3. The third-order valence-corrected chi connectivity index (χ3v) is 3.73. The van der Waals surface area contributed by atoms with Crippen LogP contribution in [0.15, 0.2) is 0 Å². The number of morpholine rings is 1. The fraction of sp³-hybridized carbons (Fsp3) is 1.00. The molecule has 1 aliphatic carbocycles. The molecule has 0 bridgehead atoms. The molecule has 0 amide bonds. The van der Waals surface area contributed by atoms with E-state index < -0.39 is 0 Å². The smallest absolute Gasteiger partial charge is 0.0594 e. The molecule has 3 nitrogen and oxygen atoms in total. The molecule has 1 N–H and O–H groups in total. The van der Waals surface area contributed by atoms with Gasteiger partial charge in [0.05, 0.1) is 13.2 Å². The molecule has 0 aromatic rings. The molecule has 1 saturated carbocycles. The first-order valence-corrected chi connectivity index (χ1v) is 6.44. The van der Waals surface area contributed by atoms with E-state index in [1.54, 1.807) is 0 Å². The van der Waals surface area contributed by atoms with Crippen molar-refractivity contribution in [1.82, 2.24) is 10.2 Å². The molecule has 3 heteroatoms. The zero-order valence-electron chi connectivity index (χ0n) is 9.87. The number of rotatable bonds is 5. The van der Waals surface area contributed by atoms with E-state index in [1.807, 2.05) is 0 Å². The van der Waals surface area contributed by atoms with Crippen LogP contribution in [-0.4, -0.2) is 50.3 Å². The number of nitrogens with one attached hydrogen (secondary N) is 1. The highest BCUT2D eigenvalue weighted by atomic mass is 16.5. The third kappa shape index (κ3) is 2.92. The first-order chi connectivity index (χ1) is 7.42. The molecule has 1 aliphatic heterocycles. The molecule has 0 aromatic carbocycles. The molecule has 0 radical (unpaired) electrons. The summed E-state index contributed by atoms with van der Waals surface area (Å²) in [7, 11) is 0. The Balaban J connectivity index is 1.68. The van der Waals surface area contributed by atoms with Crippen LogP contribution in [-0.2, 0) is 4.74 Å². The molecule has 2 unspecified atom stereocenters. The second kappa shape index (κ2) is 5.83. The quantitative estimate of drug-likeness (QED) is 0.691. The van der Waals surface area contributed by atoms with E-state index in [4.69, 9.17) is 4.74 Å². The lowest BCUT2D eigenvalue weighted by Gasteiger charge is -2.46. The summed E-state index contributed by atoms with van der Waals surface area (Å²) in [6.07, 6.45) is 4.06. The molecule has 15 heavy (non-hydrogen) atoms. The van der Waals surface area contributed by atoms with Crippen LogP contribution in [0.1, 0.15) is 26.2 Å². The van der Waals surface area contributed by atoms with Crippen LogP contribution >= 0.6 is 0 Å². The van der Waals surface area contributed by atoms with Gasteiger partial charge in [-0.3, -0.25) is 4.90 Å². The molecular weight excluding hydrogens is 188 g/mol. The van der Waals surface area contributed by atoms with Crippen molar-refractivity contribution in [3.8, 4) is 0 Å². The van der Waals surface area contributed by atoms with Gasteiger partial charge in [0.25, 0.3) is 0 Å². The highest BCUT2D eigenvalue weighted by molar-refractivity contribution is 4.90. The Kier molecular flexibility index (Phi) is 4.42. The van der Waals surface area contributed by atoms with Gasteiger partial charge in [-0.1, -0.05) is 6.92 Å². The predicted octanol–water partition coefficient (Wildman–Crippen LogP) is 1.10. The van der Waals surface area contributed by atoms with Crippen molar-refractivity contribution >= 4 is 0 Å². The summed E-state index contributed by atoms with van der Waals surface area (Å²) in [5.41, 5.74) is 0. The van der Waals surface area contributed by atoms with E-state index in [9.17, 15) is 0 Å². The second-order valence-corrected chi connectivity index (χ2v) is 4.76. The monoisotopic (exact) mass is 212 g/mol. The lowest BCUT2D eigenvalue weighted by Crippen LogP contribution is -2.54. The third-order valence-electron chi connectivity index (χ3n) is 3.73. The normalized spacial score (nSPS) is 32.6.